The van der Waals surface area contributed by atoms with Crippen molar-refractivity contribution in [3.05, 3.63) is 77.9 Å². The Hall–Kier alpha value is -2.17. The highest BCUT2D eigenvalue weighted by molar-refractivity contribution is 7.89. The van der Waals surface area contributed by atoms with E-state index in [1.54, 1.807) is 19.2 Å². The zero-order valence-electron chi connectivity index (χ0n) is 13.2. The van der Waals surface area contributed by atoms with Gasteiger partial charge in [0.15, 0.2) is 0 Å². The lowest BCUT2D eigenvalue weighted by Gasteiger charge is -2.17. The van der Waals surface area contributed by atoms with Crippen LogP contribution in [0.5, 0.6) is 0 Å². The Morgan fingerprint density at radius 2 is 1.52 bits per heavy atom. The van der Waals surface area contributed by atoms with Gasteiger partial charge in [-0.2, -0.15) is 4.31 Å². The molecule has 0 aromatic heterocycles. The van der Waals surface area contributed by atoms with Crippen molar-refractivity contribution in [3.8, 4) is 0 Å². The molecule has 118 valence electrons. The number of sulfonamides is 1. The predicted octanol–water partition coefficient (Wildman–Crippen LogP) is 3.97. The van der Waals surface area contributed by atoms with Gasteiger partial charge in [0.25, 0.3) is 0 Å². The molecule has 3 aromatic rings. The molecule has 3 rings (SSSR count). The Morgan fingerprint density at radius 1 is 0.870 bits per heavy atom. The van der Waals surface area contributed by atoms with E-state index in [9.17, 15) is 8.42 Å². The quantitative estimate of drug-likeness (QED) is 0.728. The van der Waals surface area contributed by atoms with Gasteiger partial charge in [0.2, 0.25) is 10.0 Å². The van der Waals surface area contributed by atoms with E-state index in [1.807, 2.05) is 61.5 Å². The van der Waals surface area contributed by atoms with Crippen molar-refractivity contribution in [2.24, 2.45) is 0 Å². The Kier molecular flexibility index (Phi) is 4.20. The molecule has 0 aliphatic carbocycles. The van der Waals surface area contributed by atoms with Crippen LogP contribution in [0, 0.1) is 6.92 Å². The number of fused-ring (bicyclic) bond motifs is 1. The van der Waals surface area contributed by atoms with Crippen LogP contribution in [0.3, 0.4) is 0 Å². The number of aryl methyl sites for hydroxylation is 1. The van der Waals surface area contributed by atoms with Gasteiger partial charge >= 0.3 is 0 Å². The van der Waals surface area contributed by atoms with Gasteiger partial charge < -0.3 is 0 Å². The van der Waals surface area contributed by atoms with Crippen molar-refractivity contribution in [2.45, 2.75) is 18.4 Å². The maximum absolute atomic E-state index is 12.6. The molecule has 0 amide bonds. The summed E-state index contributed by atoms with van der Waals surface area (Å²) >= 11 is 0. The lowest BCUT2D eigenvalue weighted by atomic mass is 10.1. The summed E-state index contributed by atoms with van der Waals surface area (Å²) < 4.78 is 26.7. The molecule has 0 saturated carbocycles. The Morgan fingerprint density at radius 3 is 2.22 bits per heavy atom. The molecule has 0 spiro atoms. The topological polar surface area (TPSA) is 37.4 Å². The molecule has 0 atom stereocenters. The zero-order chi connectivity index (χ0) is 16.4. The SMILES string of the molecule is Cc1ccc(S(=O)(=O)N(C)Cc2ccc3ccccc3c2)cc1. The number of benzene rings is 3. The molecule has 23 heavy (non-hydrogen) atoms. The van der Waals surface area contributed by atoms with E-state index in [0.29, 0.717) is 11.4 Å². The van der Waals surface area contributed by atoms with Crippen LogP contribution in [0.15, 0.2) is 71.6 Å². The minimum Gasteiger partial charge on any atom is -0.207 e. The van der Waals surface area contributed by atoms with E-state index in [-0.39, 0.29) is 0 Å². The highest BCUT2D eigenvalue weighted by atomic mass is 32.2. The molecule has 4 heteroatoms. The van der Waals surface area contributed by atoms with Crippen molar-refractivity contribution in [1.82, 2.24) is 4.31 Å². The van der Waals surface area contributed by atoms with Gasteiger partial charge in [0.1, 0.15) is 0 Å². The highest BCUT2D eigenvalue weighted by Crippen LogP contribution is 2.20. The van der Waals surface area contributed by atoms with Crippen molar-refractivity contribution in [1.29, 1.82) is 0 Å². The average molecular weight is 325 g/mol. The fraction of sp³-hybridized carbons (Fsp3) is 0.158. The minimum atomic E-state index is -3.47. The molecule has 0 bridgehead atoms. The second-order valence-corrected chi connectivity index (χ2v) is 7.80. The van der Waals surface area contributed by atoms with Crippen molar-refractivity contribution < 1.29 is 8.42 Å². The second kappa shape index (κ2) is 6.14. The molecule has 0 unspecified atom stereocenters. The standard InChI is InChI=1S/C19H19NO2S/c1-15-7-11-19(12-8-15)23(21,22)20(2)14-16-9-10-17-5-3-4-6-18(17)13-16/h3-13H,14H2,1-2H3. The number of nitrogens with zero attached hydrogens (tertiary/aromatic N) is 1. The fourth-order valence-electron chi connectivity index (χ4n) is 2.57. The summed E-state index contributed by atoms with van der Waals surface area (Å²) in [6, 6.07) is 21.0. The van der Waals surface area contributed by atoms with Crippen LogP contribution in [0.25, 0.3) is 10.8 Å². The summed E-state index contributed by atoms with van der Waals surface area (Å²) in [5, 5.41) is 2.27. The predicted molar refractivity (Wildman–Crippen MR) is 93.8 cm³/mol. The second-order valence-electron chi connectivity index (χ2n) is 5.76. The van der Waals surface area contributed by atoms with E-state index in [0.717, 1.165) is 21.9 Å². The first kappa shape index (κ1) is 15.7. The molecule has 0 radical (unpaired) electrons. The lowest BCUT2D eigenvalue weighted by molar-refractivity contribution is 0.467. The summed E-state index contributed by atoms with van der Waals surface area (Å²) in [6.07, 6.45) is 0. The first-order valence-electron chi connectivity index (χ1n) is 7.47. The normalized spacial score (nSPS) is 12.0. The largest absolute Gasteiger partial charge is 0.243 e. The first-order chi connectivity index (χ1) is 11.0. The Labute approximate surface area is 137 Å². The monoisotopic (exact) mass is 325 g/mol. The summed E-state index contributed by atoms with van der Waals surface area (Å²) in [5.41, 5.74) is 2.02. The van der Waals surface area contributed by atoms with Gasteiger partial charge in [0.05, 0.1) is 4.90 Å². The molecule has 0 N–H and O–H groups in total. The summed E-state index contributed by atoms with van der Waals surface area (Å²) in [6.45, 7) is 2.29. The van der Waals surface area contributed by atoms with Gasteiger partial charge in [-0.05, 0) is 41.5 Å². The maximum Gasteiger partial charge on any atom is 0.243 e. The van der Waals surface area contributed by atoms with E-state index in [1.165, 1.54) is 4.31 Å². The van der Waals surface area contributed by atoms with E-state index in [4.69, 9.17) is 0 Å². The minimum absolute atomic E-state index is 0.325. The summed E-state index contributed by atoms with van der Waals surface area (Å²) in [7, 11) is -1.86. The van der Waals surface area contributed by atoms with Crippen molar-refractivity contribution >= 4 is 20.8 Å². The van der Waals surface area contributed by atoms with Crippen LogP contribution in [-0.4, -0.2) is 19.8 Å². The molecule has 3 aromatic carbocycles. The number of rotatable bonds is 4. The van der Waals surface area contributed by atoms with E-state index < -0.39 is 10.0 Å². The molecular weight excluding hydrogens is 306 g/mol. The molecule has 0 aliphatic heterocycles. The molecule has 0 fully saturated rings. The molecule has 0 saturated heterocycles. The molecular formula is C19H19NO2S. The molecule has 3 nitrogen and oxygen atoms in total. The van der Waals surface area contributed by atoms with Gasteiger partial charge in [-0.3, -0.25) is 0 Å². The average Bonchev–Trinajstić information content (AvgIpc) is 2.55. The van der Waals surface area contributed by atoms with E-state index >= 15 is 0 Å². The van der Waals surface area contributed by atoms with Crippen molar-refractivity contribution in [3.63, 3.8) is 0 Å². The number of hydrogen-bond donors (Lipinski definition) is 0. The fourth-order valence-corrected chi connectivity index (χ4v) is 3.73. The van der Waals surface area contributed by atoms with Crippen LogP contribution < -0.4 is 0 Å². The zero-order valence-corrected chi connectivity index (χ0v) is 14.0. The Bertz CT molecular complexity index is 931. The third kappa shape index (κ3) is 3.28. The summed E-state index contributed by atoms with van der Waals surface area (Å²) in [4.78, 5) is 0.325. The van der Waals surface area contributed by atoms with Crippen LogP contribution in [0.2, 0.25) is 0 Å². The van der Waals surface area contributed by atoms with E-state index in [2.05, 4.69) is 0 Å². The third-order valence-electron chi connectivity index (χ3n) is 3.95. The van der Waals surface area contributed by atoms with Crippen molar-refractivity contribution in [2.75, 3.05) is 7.05 Å². The smallest absolute Gasteiger partial charge is 0.207 e. The maximum atomic E-state index is 12.6. The highest BCUT2D eigenvalue weighted by Gasteiger charge is 2.20. The Balaban J connectivity index is 1.87. The van der Waals surface area contributed by atoms with Crippen LogP contribution in [-0.2, 0) is 16.6 Å². The third-order valence-corrected chi connectivity index (χ3v) is 5.77. The van der Waals surface area contributed by atoms with Crippen LogP contribution >= 0.6 is 0 Å². The van der Waals surface area contributed by atoms with Crippen LogP contribution in [0.1, 0.15) is 11.1 Å². The van der Waals surface area contributed by atoms with Gasteiger partial charge in [0, 0.05) is 13.6 Å². The van der Waals surface area contributed by atoms with Gasteiger partial charge in [-0.15, -0.1) is 0 Å². The number of hydrogen-bond acceptors (Lipinski definition) is 2. The first-order valence-corrected chi connectivity index (χ1v) is 8.91. The lowest BCUT2D eigenvalue weighted by Crippen LogP contribution is -2.26. The molecule has 0 heterocycles. The van der Waals surface area contributed by atoms with Gasteiger partial charge in [-0.25, -0.2) is 8.42 Å². The van der Waals surface area contributed by atoms with Gasteiger partial charge in [-0.1, -0.05) is 54.1 Å². The summed E-state index contributed by atoms with van der Waals surface area (Å²) in [5.74, 6) is 0. The molecule has 0 aliphatic rings. The van der Waals surface area contributed by atoms with Crippen LogP contribution in [0.4, 0.5) is 0 Å².